The molecule has 0 saturated heterocycles. The van der Waals surface area contributed by atoms with Crippen LogP contribution < -0.4 is 21.1 Å². The SMILES string of the molecule is CN/C=C(\C(=N)N)c1ccc(CNc2cc(-c3cnc4cc(OC)ccn34)ncn2)cc1. The van der Waals surface area contributed by atoms with Gasteiger partial charge in [0.15, 0.2) is 0 Å². The molecular formula is C23H24N8O. The number of anilines is 1. The molecule has 1 aromatic carbocycles. The Bertz CT molecular complexity index is 1280. The molecule has 0 radical (unpaired) electrons. The van der Waals surface area contributed by atoms with E-state index >= 15 is 0 Å². The zero-order chi connectivity index (χ0) is 22.5. The Balaban J connectivity index is 1.49. The maximum absolute atomic E-state index is 7.72. The molecule has 162 valence electrons. The predicted molar refractivity (Wildman–Crippen MR) is 125 cm³/mol. The summed E-state index contributed by atoms with van der Waals surface area (Å²) in [5.74, 6) is 1.48. The molecule has 32 heavy (non-hydrogen) atoms. The van der Waals surface area contributed by atoms with Gasteiger partial charge in [-0.1, -0.05) is 24.3 Å². The Morgan fingerprint density at radius 1 is 1.16 bits per heavy atom. The minimum atomic E-state index is 0.0181. The standard InChI is InChI=1S/C23H24N8O/c1-26-12-18(23(24)25)16-5-3-15(4-6-16)11-27-21-10-19(29-14-30-21)20-13-28-22-9-17(32-2)7-8-31(20)22/h3-10,12-14,26H,11H2,1-2H3,(H3,24,25)(H,27,29,30)/b18-12-. The number of imidazole rings is 1. The summed E-state index contributed by atoms with van der Waals surface area (Å²) in [5, 5.41) is 14.0. The molecule has 0 aliphatic rings. The van der Waals surface area contributed by atoms with Crippen molar-refractivity contribution in [3.05, 3.63) is 78.5 Å². The van der Waals surface area contributed by atoms with Crippen LogP contribution in [-0.2, 0) is 6.54 Å². The summed E-state index contributed by atoms with van der Waals surface area (Å²) in [6.07, 6.45) is 6.94. The fourth-order valence-corrected chi connectivity index (χ4v) is 3.33. The van der Waals surface area contributed by atoms with Gasteiger partial charge in [-0.2, -0.15) is 0 Å². The van der Waals surface area contributed by atoms with Crippen LogP contribution in [0.3, 0.4) is 0 Å². The van der Waals surface area contributed by atoms with Crippen LogP contribution in [0.25, 0.3) is 22.6 Å². The number of nitrogens with zero attached hydrogens (tertiary/aromatic N) is 4. The minimum Gasteiger partial charge on any atom is -0.497 e. The van der Waals surface area contributed by atoms with Gasteiger partial charge in [0.25, 0.3) is 0 Å². The van der Waals surface area contributed by atoms with E-state index in [1.54, 1.807) is 26.6 Å². The Morgan fingerprint density at radius 3 is 2.69 bits per heavy atom. The summed E-state index contributed by atoms with van der Waals surface area (Å²) in [4.78, 5) is 13.2. The number of fused-ring (bicyclic) bond motifs is 1. The maximum Gasteiger partial charge on any atom is 0.140 e. The van der Waals surface area contributed by atoms with Crippen molar-refractivity contribution in [1.29, 1.82) is 5.41 Å². The topological polar surface area (TPSA) is 126 Å². The quantitative estimate of drug-likeness (QED) is 0.251. The largest absolute Gasteiger partial charge is 0.497 e. The number of methoxy groups -OCH3 is 1. The molecule has 4 rings (SSSR count). The molecule has 0 bridgehead atoms. The van der Waals surface area contributed by atoms with E-state index in [0.29, 0.717) is 17.9 Å². The molecule has 0 atom stereocenters. The molecular weight excluding hydrogens is 404 g/mol. The maximum atomic E-state index is 7.72. The number of benzene rings is 1. The van der Waals surface area contributed by atoms with Crippen molar-refractivity contribution < 1.29 is 4.74 Å². The van der Waals surface area contributed by atoms with Gasteiger partial charge in [-0.25, -0.2) is 15.0 Å². The molecule has 0 fully saturated rings. The average molecular weight is 429 g/mol. The third kappa shape index (κ3) is 4.36. The Kier molecular flexibility index (Phi) is 5.98. The average Bonchev–Trinajstić information content (AvgIpc) is 3.25. The number of rotatable bonds is 8. The van der Waals surface area contributed by atoms with Crippen molar-refractivity contribution in [2.24, 2.45) is 5.73 Å². The van der Waals surface area contributed by atoms with Gasteiger partial charge in [0.2, 0.25) is 0 Å². The van der Waals surface area contributed by atoms with Crippen molar-refractivity contribution in [3.8, 4) is 17.1 Å². The molecule has 0 aliphatic carbocycles. The summed E-state index contributed by atoms with van der Waals surface area (Å²) >= 11 is 0. The first-order valence-corrected chi connectivity index (χ1v) is 9.97. The van der Waals surface area contributed by atoms with Gasteiger partial charge in [-0.3, -0.25) is 9.81 Å². The van der Waals surface area contributed by atoms with E-state index in [1.165, 1.54) is 6.33 Å². The number of amidine groups is 1. The molecule has 0 aliphatic heterocycles. The first-order valence-electron chi connectivity index (χ1n) is 9.97. The minimum absolute atomic E-state index is 0.0181. The van der Waals surface area contributed by atoms with Crippen molar-refractivity contribution in [1.82, 2.24) is 24.7 Å². The van der Waals surface area contributed by atoms with Crippen molar-refractivity contribution in [3.63, 3.8) is 0 Å². The van der Waals surface area contributed by atoms with Gasteiger partial charge in [-0.15, -0.1) is 0 Å². The van der Waals surface area contributed by atoms with E-state index in [4.69, 9.17) is 15.9 Å². The monoisotopic (exact) mass is 428 g/mol. The fourth-order valence-electron chi connectivity index (χ4n) is 3.33. The molecule has 9 heteroatoms. The lowest BCUT2D eigenvalue weighted by molar-refractivity contribution is 0.414. The van der Waals surface area contributed by atoms with Crippen LogP contribution in [0, 0.1) is 5.41 Å². The second-order valence-corrected chi connectivity index (χ2v) is 7.04. The summed E-state index contributed by atoms with van der Waals surface area (Å²) in [6.45, 7) is 0.590. The van der Waals surface area contributed by atoms with Crippen LogP contribution in [0.4, 0.5) is 5.82 Å². The third-order valence-corrected chi connectivity index (χ3v) is 4.97. The lowest BCUT2D eigenvalue weighted by Crippen LogP contribution is -2.14. The van der Waals surface area contributed by atoms with Crippen LogP contribution in [-0.4, -0.2) is 39.3 Å². The normalized spacial score (nSPS) is 11.4. The summed E-state index contributed by atoms with van der Waals surface area (Å²) in [7, 11) is 3.41. The van der Waals surface area contributed by atoms with Gasteiger partial charge in [0.1, 0.15) is 29.4 Å². The van der Waals surface area contributed by atoms with Gasteiger partial charge in [-0.05, 0) is 17.2 Å². The van der Waals surface area contributed by atoms with Crippen LogP contribution in [0.15, 0.2) is 67.4 Å². The van der Waals surface area contributed by atoms with Gasteiger partial charge < -0.3 is 21.1 Å². The summed E-state index contributed by atoms with van der Waals surface area (Å²) in [5.41, 5.74) is 10.7. The lowest BCUT2D eigenvalue weighted by atomic mass is 10.0. The summed E-state index contributed by atoms with van der Waals surface area (Å²) in [6, 6.07) is 13.5. The number of aromatic nitrogens is 4. The number of nitrogens with one attached hydrogen (secondary N) is 3. The Morgan fingerprint density at radius 2 is 1.97 bits per heavy atom. The Hall–Kier alpha value is -4.40. The van der Waals surface area contributed by atoms with Crippen LogP contribution in [0.2, 0.25) is 0 Å². The highest BCUT2D eigenvalue weighted by molar-refractivity contribution is 6.20. The van der Waals surface area contributed by atoms with Crippen LogP contribution in [0.5, 0.6) is 5.75 Å². The number of pyridine rings is 1. The molecule has 0 spiro atoms. The molecule has 0 saturated carbocycles. The fraction of sp³-hybridized carbons (Fsp3) is 0.130. The van der Waals surface area contributed by atoms with E-state index < -0.39 is 0 Å². The molecule has 4 aromatic rings. The highest BCUT2D eigenvalue weighted by Crippen LogP contribution is 2.23. The van der Waals surface area contributed by atoms with Crippen molar-refractivity contribution in [2.45, 2.75) is 6.54 Å². The molecule has 0 amide bonds. The number of hydrogen-bond acceptors (Lipinski definition) is 7. The lowest BCUT2D eigenvalue weighted by Gasteiger charge is -2.09. The van der Waals surface area contributed by atoms with Gasteiger partial charge >= 0.3 is 0 Å². The highest BCUT2D eigenvalue weighted by atomic mass is 16.5. The first kappa shape index (κ1) is 20.9. The Labute approximate surface area is 185 Å². The first-order chi connectivity index (χ1) is 15.6. The molecule has 3 heterocycles. The third-order valence-electron chi connectivity index (χ3n) is 4.97. The van der Waals surface area contributed by atoms with E-state index in [-0.39, 0.29) is 5.84 Å². The van der Waals surface area contributed by atoms with Gasteiger partial charge in [0.05, 0.1) is 24.7 Å². The second-order valence-electron chi connectivity index (χ2n) is 7.04. The molecule has 5 N–H and O–H groups in total. The zero-order valence-electron chi connectivity index (χ0n) is 17.8. The molecule has 3 aromatic heterocycles. The summed E-state index contributed by atoms with van der Waals surface area (Å²) < 4.78 is 7.22. The van der Waals surface area contributed by atoms with E-state index in [2.05, 4.69) is 25.6 Å². The second kappa shape index (κ2) is 9.17. The van der Waals surface area contributed by atoms with Crippen LogP contribution >= 0.6 is 0 Å². The number of hydrogen-bond donors (Lipinski definition) is 4. The van der Waals surface area contributed by atoms with E-state index in [0.717, 1.165) is 33.9 Å². The smallest absolute Gasteiger partial charge is 0.140 e. The molecule has 0 unspecified atom stereocenters. The van der Waals surface area contributed by atoms with Crippen molar-refractivity contribution in [2.75, 3.05) is 19.5 Å². The zero-order valence-corrected chi connectivity index (χ0v) is 17.8. The van der Waals surface area contributed by atoms with Gasteiger partial charge in [0, 0.05) is 43.7 Å². The van der Waals surface area contributed by atoms with E-state index in [1.807, 2.05) is 53.1 Å². The highest BCUT2D eigenvalue weighted by Gasteiger charge is 2.10. The predicted octanol–water partition coefficient (Wildman–Crippen LogP) is 2.91. The van der Waals surface area contributed by atoms with Crippen molar-refractivity contribution >= 4 is 22.9 Å². The van der Waals surface area contributed by atoms with Crippen LogP contribution in [0.1, 0.15) is 11.1 Å². The van der Waals surface area contributed by atoms with E-state index in [9.17, 15) is 0 Å². The number of ether oxygens (including phenoxy) is 1. The molecule has 9 nitrogen and oxygen atoms in total. The number of nitrogens with two attached hydrogens (primary N) is 1.